The lowest BCUT2D eigenvalue weighted by atomic mass is 10.0. The van der Waals surface area contributed by atoms with Crippen LogP contribution >= 0.6 is 24.0 Å². The Hall–Kier alpha value is -3.29. The van der Waals surface area contributed by atoms with Crippen molar-refractivity contribution >= 4 is 29.1 Å². The predicted molar refractivity (Wildman–Crippen MR) is 133 cm³/mol. The van der Waals surface area contributed by atoms with Crippen LogP contribution in [0, 0.1) is 0 Å². The molecular weight excluding hydrogens is 450 g/mol. The number of ether oxygens (including phenoxy) is 1. The monoisotopic (exact) mass is 473 g/mol. The number of hydrogen-bond donors (Lipinski definition) is 1. The van der Waals surface area contributed by atoms with Crippen molar-refractivity contribution < 1.29 is 9.15 Å². The van der Waals surface area contributed by atoms with Gasteiger partial charge in [-0.15, -0.1) is 0 Å². The molecule has 5 nitrogen and oxygen atoms in total. The highest BCUT2D eigenvalue weighted by Gasteiger charge is 2.41. The molecule has 0 aliphatic carbocycles. The van der Waals surface area contributed by atoms with Crippen LogP contribution in [0.1, 0.15) is 29.1 Å². The Labute approximate surface area is 202 Å². The quantitative estimate of drug-likeness (QED) is 0.330. The molecule has 2 aromatic heterocycles. The van der Waals surface area contributed by atoms with Crippen molar-refractivity contribution in [2.24, 2.45) is 0 Å². The minimum atomic E-state index is -0.125. The summed E-state index contributed by atoms with van der Waals surface area (Å²) >= 11 is 7.38. The third-order valence-corrected chi connectivity index (χ3v) is 6.85. The Morgan fingerprint density at radius 3 is 2.52 bits per heavy atom. The molecular formula is C26H23N3O2S2. The van der Waals surface area contributed by atoms with Gasteiger partial charge in [0.2, 0.25) is 0 Å². The number of nitrogens with zero attached hydrogens (tertiary/aromatic N) is 2. The minimum Gasteiger partial charge on any atom is -0.497 e. The molecule has 1 N–H and O–H groups in total. The number of furan rings is 1. The predicted octanol–water partition coefficient (Wildman–Crippen LogP) is 6.01. The van der Waals surface area contributed by atoms with Gasteiger partial charge >= 0.3 is 0 Å². The van der Waals surface area contributed by atoms with Gasteiger partial charge in [0.15, 0.2) is 10.2 Å². The van der Waals surface area contributed by atoms with Crippen molar-refractivity contribution in [3.8, 4) is 5.75 Å². The van der Waals surface area contributed by atoms with Crippen molar-refractivity contribution in [2.75, 3.05) is 7.11 Å². The first-order chi connectivity index (χ1) is 16.2. The Bertz CT molecular complexity index is 1210. The summed E-state index contributed by atoms with van der Waals surface area (Å²) < 4.78 is 11.6. The van der Waals surface area contributed by atoms with Gasteiger partial charge < -0.3 is 19.4 Å². The number of benzene rings is 2. The minimum absolute atomic E-state index is 0.113. The fourth-order valence-electron chi connectivity index (χ4n) is 3.97. The smallest absolute Gasteiger partial charge is 0.170 e. The van der Waals surface area contributed by atoms with E-state index in [0.717, 1.165) is 32.8 Å². The first-order valence-electron chi connectivity index (χ1n) is 10.6. The molecule has 0 saturated carbocycles. The first-order valence-corrected chi connectivity index (χ1v) is 11.9. The number of aromatic nitrogens is 1. The van der Waals surface area contributed by atoms with Crippen molar-refractivity contribution in [1.82, 2.24) is 15.2 Å². The molecule has 1 fully saturated rings. The van der Waals surface area contributed by atoms with Crippen molar-refractivity contribution in [3.05, 3.63) is 108 Å². The van der Waals surface area contributed by atoms with Crippen LogP contribution < -0.4 is 10.1 Å². The lowest BCUT2D eigenvalue weighted by Crippen LogP contribution is -2.29. The van der Waals surface area contributed by atoms with Gasteiger partial charge in [0.05, 0.1) is 18.8 Å². The van der Waals surface area contributed by atoms with Gasteiger partial charge in [0, 0.05) is 17.6 Å². The summed E-state index contributed by atoms with van der Waals surface area (Å²) in [5.74, 6) is 1.68. The molecule has 0 bridgehead atoms. The number of rotatable bonds is 7. The lowest BCUT2D eigenvalue weighted by Gasteiger charge is -2.26. The number of methoxy groups -OCH3 is 1. The van der Waals surface area contributed by atoms with E-state index in [1.807, 2.05) is 66.9 Å². The van der Waals surface area contributed by atoms with Crippen LogP contribution in [0.3, 0.4) is 0 Å². The fourth-order valence-corrected chi connectivity index (χ4v) is 5.07. The summed E-state index contributed by atoms with van der Waals surface area (Å²) in [5.41, 5.74) is 2.06. The zero-order valence-electron chi connectivity index (χ0n) is 18.0. The molecule has 0 unspecified atom stereocenters. The van der Waals surface area contributed by atoms with Gasteiger partial charge in [0.25, 0.3) is 0 Å². The summed E-state index contributed by atoms with van der Waals surface area (Å²) in [7, 11) is 1.67. The lowest BCUT2D eigenvalue weighted by molar-refractivity contribution is 0.254. The molecule has 0 radical (unpaired) electrons. The standard InChI is InChI=1S/C26H23N3O2S2/c1-30-19-12-10-18(11-13-19)17-29-25(24(28-26(29)32)21-9-5-6-16-27-21)22-14-15-23(31-22)33-20-7-3-2-4-8-20/h2-16,24-25H,17H2,1H3,(H,28,32)/t24-,25+/m1/s1. The van der Waals surface area contributed by atoms with E-state index in [4.69, 9.17) is 21.4 Å². The third-order valence-electron chi connectivity index (χ3n) is 5.57. The average Bonchev–Trinajstić information content (AvgIpc) is 3.45. The molecule has 1 aliphatic rings. The zero-order valence-corrected chi connectivity index (χ0v) is 19.7. The molecule has 166 valence electrons. The second kappa shape index (κ2) is 9.68. The molecule has 3 heterocycles. The maximum atomic E-state index is 6.35. The third kappa shape index (κ3) is 4.74. The van der Waals surface area contributed by atoms with Gasteiger partial charge in [-0.05, 0) is 66.3 Å². The van der Waals surface area contributed by atoms with Crippen LogP contribution in [0.15, 0.2) is 106 Å². The highest BCUT2D eigenvalue weighted by atomic mass is 32.2. The van der Waals surface area contributed by atoms with Crippen LogP contribution in [0.4, 0.5) is 0 Å². The second-order valence-corrected chi connectivity index (χ2v) is 9.14. The van der Waals surface area contributed by atoms with E-state index < -0.39 is 0 Å². The van der Waals surface area contributed by atoms with E-state index >= 15 is 0 Å². The van der Waals surface area contributed by atoms with Crippen LogP contribution in [0.5, 0.6) is 5.75 Å². The Balaban J connectivity index is 1.46. The highest BCUT2D eigenvalue weighted by Crippen LogP contribution is 2.41. The molecule has 1 saturated heterocycles. The van der Waals surface area contributed by atoms with Gasteiger partial charge in [-0.1, -0.05) is 48.2 Å². The van der Waals surface area contributed by atoms with Crippen molar-refractivity contribution in [2.45, 2.75) is 28.6 Å². The topological polar surface area (TPSA) is 50.5 Å². The summed E-state index contributed by atoms with van der Waals surface area (Å²) in [5, 5.41) is 5.00. The van der Waals surface area contributed by atoms with E-state index in [9.17, 15) is 0 Å². The van der Waals surface area contributed by atoms with E-state index in [-0.39, 0.29) is 12.1 Å². The number of hydrogen-bond acceptors (Lipinski definition) is 5. The van der Waals surface area contributed by atoms with Gasteiger partial charge in [-0.3, -0.25) is 4.98 Å². The summed E-state index contributed by atoms with van der Waals surface area (Å²) in [6, 6.07) is 28.0. The normalized spacial score (nSPS) is 17.7. The maximum absolute atomic E-state index is 6.35. The van der Waals surface area contributed by atoms with Crippen LogP contribution in [0.2, 0.25) is 0 Å². The number of thiocarbonyl (C=S) groups is 1. The Morgan fingerprint density at radius 1 is 1.00 bits per heavy atom. The molecule has 5 rings (SSSR count). The molecule has 0 spiro atoms. The van der Waals surface area contributed by atoms with Gasteiger partial charge in [-0.25, -0.2) is 0 Å². The number of nitrogens with one attached hydrogen (secondary N) is 1. The molecule has 2 aromatic carbocycles. The van der Waals surface area contributed by atoms with E-state index in [0.29, 0.717) is 11.7 Å². The van der Waals surface area contributed by atoms with E-state index in [2.05, 4.69) is 39.5 Å². The Kier molecular flexibility index (Phi) is 6.32. The van der Waals surface area contributed by atoms with Crippen molar-refractivity contribution in [1.29, 1.82) is 0 Å². The summed E-state index contributed by atoms with van der Waals surface area (Å²) in [6.07, 6.45) is 1.81. The second-order valence-electron chi connectivity index (χ2n) is 7.67. The zero-order chi connectivity index (χ0) is 22.6. The molecule has 0 amide bonds. The highest BCUT2D eigenvalue weighted by molar-refractivity contribution is 7.99. The summed E-state index contributed by atoms with van der Waals surface area (Å²) in [6.45, 7) is 0.645. The maximum Gasteiger partial charge on any atom is 0.170 e. The van der Waals surface area contributed by atoms with Gasteiger partial charge in [0.1, 0.15) is 17.6 Å². The van der Waals surface area contributed by atoms with Crippen LogP contribution in [-0.4, -0.2) is 22.1 Å². The number of pyridine rings is 1. The molecule has 4 aromatic rings. The largest absolute Gasteiger partial charge is 0.497 e. The molecule has 7 heteroatoms. The van der Waals surface area contributed by atoms with Crippen LogP contribution in [-0.2, 0) is 6.54 Å². The van der Waals surface area contributed by atoms with Crippen LogP contribution in [0.25, 0.3) is 0 Å². The van der Waals surface area contributed by atoms with Crippen molar-refractivity contribution in [3.63, 3.8) is 0 Å². The average molecular weight is 474 g/mol. The molecule has 33 heavy (non-hydrogen) atoms. The van der Waals surface area contributed by atoms with Gasteiger partial charge in [-0.2, -0.15) is 0 Å². The molecule has 1 aliphatic heterocycles. The SMILES string of the molecule is COc1ccc(CN2C(=S)N[C@H](c3ccccn3)[C@@H]2c2ccc(Sc3ccccc3)o2)cc1. The Morgan fingerprint density at radius 2 is 1.79 bits per heavy atom. The summed E-state index contributed by atoms with van der Waals surface area (Å²) in [4.78, 5) is 7.90. The van der Waals surface area contributed by atoms with E-state index in [1.165, 1.54) is 0 Å². The van der Waals surface area contributed by atoms with E-state index in [1.54, 1.807) is 18.9 Å². The first kappa shape index (κ1) is 21.6. The fraction of sp³-hybridized carbons (Fsp3) is 0.154. The molecule has 2 atom stereocenters.